The normalized spacial score (nSPS) is 11.0. The number of nitrogens with one attached hydrogen (secondary N) is 2. The first-order valence-electron chi connectivity index (χ1n) is 6.94. The molecule has 4 rings (SSSR count). The van der Waals surface area contributed by atoms with Crippen LogP contribution < -0.4 is 16.6 Å². The number of carbonyl (C=O) groups excluding carboxylic acids is 1. The molecular formula is C13H11N9O2. The smallest absolute Gasteiger partial charge is 0.244 e. The maximum absolute atomic E-state index is 11.6. The van der Waals surface area contributed by atoms with Crippen LogP contribution >= 0.6 is 0 Å². The fourth-order valence-corrected chi connectivity index (χ4v) is 2.29. The van der Waals surface area contributed by atoms with Crippen LogP contribution in [-0.4, -0.2) is 35.8 Å². The molecule has 0 fully saturated rings. The van der Waals surface area contributed by atoms with Crippen molar-refractivity contribution in [2.24, 2.45) is 5.84 Å². The van der Waals surface area contributed by atoms with Crippen molar-refractivity contribution in [1.29, 1.82) is 0 Å². The van der Waals surface area contributed by atoms with E-state index in [1.54, 1.807) is 4.40 Å². The minimum Gasteiger partial charge on any atom is -0.337 e. The van der Waals surface area contributed by atoms with Crippen LogP contribution in [0.1, 0.15) is 5.82 Å². The van der Waals surface area contributed by atoms with Gasteiger partial charge in [0.05, 0.1) is 6.42 Å². The Labute approximate surface area is 133 Å². The molecule has 1 amide bonds. The topological polar surface area (TPSA) is 149 Å². The van der Waals surface area contributed by atoms with E-state index < -0.39 is 5.91 Å². The highest BCUT2D eigenvalue weighted by Crippen LogP contribution is 2.22. The number of aromatic nitrogens is 6. The molecule has 0 aliphatic carbocycles. The maximum atomic E-state index is 11.6. The Morgan fingerprint density at radius 3 is 2.79 bits per heavy atom. The van der Waals surface area contributed by atoms with Gasteiger partial charge in [0.1, 0.15) is 5.82 Å². The Kier molecular flexibility index (Phi) is 3.24. The van der Waals surface area contributed by atoms with Gasteiger partial charge < -0.3 is 5.32 Å². The lowest BCUT2D eigenvalue weighted by Gasteiger charge is -2.06. The SMILES string of the molecule is NNC(=O)Cc1nnc2c(Nc3ccccc3)nc3nonc3n12. The Morgan fingerprint density at radius 1 is 1.17 bits per heavy atom. The first kappa shape index (κ1) is 14.0. The third kappa shape index (κ3) is 2.28. The molecule has 11 nitrogen and oxygen atoms in total. The van der Waals surface area contributed by atoms with Gasteiger partial charge in [-0.05, 0) is 22.4 Å². The molecule has 3 heterocycles. The molecule has 0 aliphatic heterocycles. The number of nitrogens with zero attached hydrogens (tertiary/aromatic N) is 6. The monoisotopic (exact) mass is 325 g/mol. The second-order valence-corrected chi connectivity index (χ2v) is 4.88. The largest absolute Gasteiger partial charge is 0.337 e. The van der Waals surface area contributed by atoms with E-state index in [0.717, 1.165) is 5.69 Å². The predicted molar refractivity (Wildman–Crippen MR) is 81.9 cm³/mol. The van der Waals surface area contributed by atoms with Crippen molar-refractivity contribution in [2.45, 2.75) is 6.42 Å². The third-order valence-corrected chi connectivity index (χ3v) is 3.34. The van der Waals surface area contributed by atoms with Crippen LogP contribution in [-0.2, 0) is 11.2 Å². The highest BCUT2D eigenvalue weighted by atomic mass is 16.6. The van der Waals surface area contributed by atoms with Crippen molar-refractivity contribution in [2.75, 3.05) is 5.32 Å². The number of benzene rings is 1. The number of amides is 1. The van der Waals surface area contributed by atoms with E-state index in [1.165, 1.54) is 0 Å². The van der Waals surface area contributed by atoms with Gasteiger partial charge in [-0.1, -0.05) is 18.2 Å². The highest BCUT2D eigenvalue weighted by molar-refractivity contribution is 5.81. The number of carbonyl (C=O) groups is 1. The lowest BCUT2D eigenvalue weighted by Crippen LogP contribution is -2.32. The van der Waals surface area contributed by atoms with E-state index in [9.17, 15) is 4.79 Å². The van der Waals surface area contributed by atoms with Crippen LogP contribution in [0.25, 0.3) is 16.9 Å². The van der Waals surface area contributed by atoms with Gasteiger partial charge in [0.2, 0.25) is 22.8 Å². The van der Waals surface area contributed by atoms with Gasteiger partial charge in [-0.3, -0.25) is 14.6 Å². The van der Waals surface area contributed by atoms with E-state index in [-0.39, 0.29) is 12.1 Å². The summed E-state index contributed by atoms with van der Waals surface area (Å²) in [6, 6.07) is 9.43. The molecule has 4 N–H and O–H groups in total. The third-order valence-electron chi connectivity index (χ3n) is 3.34. The molecular weight excluding hydrogens is 314 g/mol. The zero-order chi connectivity index (χ0) is 16.5. The molecule has 3 aromatic heterocycles. The van der Waals surface area contributed by atoms with E-state index in [2.05, 4.69) is 36.2 Å². The van der Waals surface area contributed by atoms with Crippen LogP contribution in [0, 0.1) is 0 Å². The molecule has 0 aliphatic rings. The first-order valence-corrected chi connectivity index (χ1v) is 6.94. The van der Waals surface area contributed by atoms with E-state index in [0.29, 0.717) is 22.9 Å². The van der Waals surface area contributed by atoms with Crippen molar-refractivity contribution in [3.8, 4) is 0 Å². The maximum Gasteiger partial charge on any atom is 0.244 e. The molecule has 4 aromatic rings. The quantitative estimate of drug-likeness (QED) is 0.266. The number of rotatable bonds is 4. The zero-order valence-electron chi connectivity index (χ0n) is 12.2. The fourth-order valence-electron chi connectivity index (χ4n) is 2.29. The Balaban J connectivity index is 1.89. The number of hydrogen-bond acceptors (Lipinski definition) is 9. The summed E-state index contributed by atoms with van der Waals surface area (Å²) in [6.45, 7) is 0. The van der Waals surface area contributed by atoms with Crippen LogP contribution in [0.4, 0.5) is 11.5 Å². The molecule has 0 saturated heterocycles. The highest BCUT2D eigenvalue weighted by Gasteiger charge is 2.20. The van der Waals surface area contributed by atoms with Gasteiger partial charge >= 0.3 is 0 Å². The van der Waals surface area contributed by atoms with Gasteiger partial charge in [0.25, 0.3) is 0 Å². The Morgan fingerprint density at radius 2 is 2.00 bits per heavy atom. The van der Waals surface area contributed by atoms with Crippen molar-refractivity contribution >= 4 is 34.4 Å². The summed E-state index contributed by atoms with van der Waals surface area (Å²) in [5.41, 5.74) is 3.83. The molecule has 24 heavy (non-hydrogen) atoms. The van der Waals surface area contributed by atoms with Crippen LogP contribution in [0.5, 0.6) is 0 Å². The summed E-state index contributed by atoms with van der Waals surface area (Å²) in [4.78, 5) is 15.9. The number of fused-ring (bicyclic) bond motifs is 3. The summed E-state index contributed by atoms with van der Waals surface area (Å²) in [6.07, 6.45) is -0.0750. The predicted octanol–water partition coefficient (Wildman–Crippen LogP) is -0.0635. The fraction of sp³-hybridized carbons (Fsp3) is 0.0769. The molecule has 0 atom stereocenters. The number of hydrazine groups is 1. The Bertz CT molecular complexity index is 1020. The number of para-hydroxylation sites is 1. The summed E-state index contributed by atoms with van der Waals surface area (Å²) in [5.74, 6) is 5.47. The summed E-state index contributed by atoms with van der Waals surface area (Å²) >= 11 is 0. The average molecular weight is 325 g/mol. The summed E-state index contributed by atoms with van der Waals surface area (Å²) < 4.78 is 6.30. The molecule has 11 heteroatoms. The number of hydrogen-bond donors (Lipinski definition) is 3. The molecule has 0 bridgehead atoms. The van der Waals surface area contributed by atoms with Crippen molar-refractivity contribution in [3.05, 3.63) is 36.2 Å². The molecule has 120 valence electrons. The number of nitrogens with two attached hydrogens (primary N) is 1. The van der Waals surface area contributed by atoms with Gasteiger partial charge in [0, 0.05) is 5.69 Å². The number of anilines is 2. The van der Waals surface area contributed by atoms with Gasteiger partial charge in [0.15, 0.2) is 5.82 Å². The summed E-state index contributed by atoms with van der Waals surface area (Å²) in [7, 11) is 0. The standard InChI is InChI=1S/C13H11N9O2/c14-17-9(23)6-8-18-19-12-10(15-7-4-2-1-3-5-7)16-11-13(22(8)12)21-24-20-11/h1-5H,6,14H2,(H,17,23)(H,15,16,20). The van der Waals surface area contributed by atoms with Crippen LogP contribution in [0.15, 0.2) is 35.0 Å². The average Bonchev–Trinajstić information content (AvgIpc) is 3.22. The van der Waals surface area contributed by atoms with Crippen LogP contribution in [0.2, 0.25) is 0 Å². The van der Waals surface area contributed by atoms with Crippen LogP contribution in [0.3, 0.4) is 0 Å². The zero-order valence-corrected chi connectivity index (χ0v) is 12.2. The second-order valence-electron chi connectivity index (χ2n) is 4.88. The lowest BCUT2D eigenvalue weighted by molar-refractivity contribution is -0.120. The molecule has 0 spiro atoms. The molecule has 1 aromatic carbocycles. The molecule has 0 saturated carbocycles. The van der Waals surface area contributed by atoms with E-state index in [4.69, 9.17) is 10.5 Å². The van der Waals surface area contributed by atoms with E-state index >= 15 is 0 Å². The van der Waals surface area contributed by atoms with Gasteiger partial charge in [-0.2, -0.15) is 0 Å². The second kappa shape index (κ2) is 5.55. The Hall–Kier alpha value is -3.60. The minimum absolute atomic E-state index is 0.0750. The van der Waals surface area contributed by atoms with Crippen molar-refractivity contribution < 1.29 is 9.42 Å². The van der Waals surface area contributed by atoms with Crippen molar-refractivity contribution in [1.82, 2.24) is 35.3 Å². The van der Waals surface area contributed by atoms with Crippen molar-refractivity contribution in [3.63, 3.8) is 0 Å². The van der Waals surface area contributed by atoms with E-state index in [1.807, 2.05) is 30.3 Å². The molecule has 0 radical (unpaired) electrons. The summed E-state index contributed by atoms with van der Waals surface area (Å²) in [5, 5.41) is 18.8. The lowest BCUT2D eigenvalue weighted by atomic mass is 10.3. The molecule has 0 unspecified atom stereocenters. The first-order chi connectivity index (χ1) is 11.8. The van der Waals surface area contributed by atoms with Gasteiger partial charge in [-0.25, -0.2) is 15.5 Å². The van der Waals surface area contributed by atoms with Gasteiger partial charge in [-0.15, -0.1) is 10.2 Å². The minimum atomic E-state index is -0.414.